The number of ether oxygens (including phenoxy) is 2. The molecule has 0 saturated heterocycles. The molecule has 3 rings (SSSR count). The van der Waals surface area contributed by atoms with Crippen LogP contribution in [0.4, 0.5) is 4.39 Å². The SMILES string of the molecule is O=[N+]([O-])CC(O)c1cc(F)c(C2OC=CO2)c2ccncc12. The van der Waals surface area contributed by atoms with Crippen LogP contribution < -0.4 is 0 Å². The fourth-order valence-electron chi connectivity index (χ4n) is 2.41. The molecule has 1 atom stereocenters. The number of aliphatic hydroxyl groups excluding tert-OH is 1. The summed E-state index contributed by atoms with van der Waals surface area (Å²) in [4.78, 5) is 13.8. The second kappa shape index (κ2) is 5.57. The quantitative estimate of drug-likeness (QED) is 0.687. The van der Waals surface area contributed by atoms with Crippen LogP contribution in [0.1, 0.15) is 23.5 Å². The smallest absolute Gasteiger partial charge is 0.269 e. The maximum atomic E-state index is 14.4. The first kappa shape index (κ1) is 14.2. The topological polar surface area (TPSA) is 94.7 Å². The van der Waals surface area contributed by atoms with E-state index in [1.807, 2.05) is 0 Å². The molecule has 1 aliphatic heterocycles. The Morgan fingerprint density at radius 3 is 2.82 bits per heavy atom. The number of halogens is 1. The van der Waals surface area contributed by atoms with E-state index in [0.717, 1.165) is 6.07 Å². The van der Waals surface area contributed by atoms with Crippen molar-refractivity contribution in [1.82, 2.24) is 4.98 Å². The van der Waals surface area contributed by atoms with E-state index in [0.29, 0.717) is 10.8 Å². The minimum Gasteiger partial charge on any atom is -0.455 e. The van der Waals surface area contributed by atoms with E-state index in [-0.39, 0.29) is 11.1 Å². The van der Waals surface area contributed by atoms with Gasteiger partial charge in [-0.3, -0.25) is 15.1 Å². The number of nitro groups is 1. The van der Waals surface area contributed by atoms with E-state index in [2.05, 4.69) is 4.98 Å². The van der Waals surface area contributed by atoms with Crippen molar-refractivity contribution in [2.45, 2.75) is 12.4 Å². The minimum absolute atomic E-state index is 0.104. The molecule has 1 aliphatic rings. The molecule has 2 heterocycles. The predicted molar refractivity (Wildman–Crippen MR) is 72.6 cm³/mol. The van der Waals surface area contributed by atoms with Gasteiger partial charge in [0.15, 0.2) is 0 Å². The molecule has 0 amide bonds. The van der Waals surface area contributed by atoms with Crippen LogP contribution in [-0.2, 0) is 9.47 Å². The lowest BCUT2D eigenvalue weighted by molar-refractivity contribution is -0.491. The average Bonchev–Trinajstić information content (AvgIpc) is 2.99. The van der Waals surface area contributed by atoms with Gasteiger partial charge in [-0.25, -0.2) is 4.39 Å². The molecule has 0 spiro atoms. The van der Waals surface area contributed by atoms with Crippen LogP contribution in [0.15, 0.2) is 37.1 Å². The molecule has 8 heteroatoms. The van der Waals surface area contributed by atoms with E-state index in [1.165, 1.54) is 24.9 Å². The van der Waals surface area contributed by atoms with E-state index in [4.69, 9.17) is 9.47 Å². The molecule has 0 bridgehead atoms. The molecule has 2 aromatic rings. The standard InChI is InChI=1S/C14H11FN2O5/c15-11-5-9(12(18)7-17(19)20)10-6-16-2-1-8(10)13(11)14-21-3-4-22-14/h1-6,12,14,18H,7H2. The summed E-state index contributed by atoms with van der Waals surface area (Å²) in [5.41, 5.74) is 0.256. The van der Waals surface area contributed by atoms with Crippen LogP contribution in [0.25, 0.3) is 10.8 Å². The lowest BCUT2D eigenvalue weighted by Gasteiger charge is -2.17. The van der Waals surface area contributed by atoms with E-state index in [9.17, 15) is 19.6 Å². The number of aliphatic hydroxyl groups is 1. The molecule has 114 valence electrons. The Labute approximate surface area is 123 Å². The third-order valence-electron chi connectivity index (χ3n) is 3.34. The predicted octanol–water partition coefficient (Wildman–Crippen LogP) is 2.20. The zero-order valence-electron chi connectivity index (χ0n) is 11.2. The first-order chi connectivity index (χ1) is 10.6. The van der Waals surface area contributed by atoms with Gasteiger partial charge in [0.1, 0.15) is 24.4 Å². The van der Waals surface area contributed by atoms with Crippen molar-refractivity contribution >= 4 is 10.8 Å². The normalized spacial score (nSPS) is 15.5. The summed E-state index contributed by atoms with van der Waals surface area (Å²) in [6.45, 7) is -0.721. The van der Waals surface area contributed by atoms with Crippen molar-refractivity contribution in [2.24, 2.45) is 0 Å². The van der Waals surface area contributed by atoms with E-state index in [1.54, 1.807) is 6.07 Å². The highest BCUT2D eigenvalue weighted by molar-refractivity contribution is 5.88. The maximum Gasteiger partial charge on any atom is 0.269 e. The fraction of sp³-hybridized carbons (Fsp3) is 0.214. The van der Waals surface area contributed by atoms with Gasteiger partial charge in [0, 0.05) is 22.7 Å². The average molecular weight is 306 g/mol. The van der Waals surface area contributed by atoms with Gasteiger partial charge in [0.05, 0.1) is 5.56 Å². The van der Waals surface area contributed by atoms with Crippen molar-refractivity contribution in [1.29, 1.82) is 0 Å². The number of aromatic nitrogens is 1. The van der Waals surface area contributed by atoms with Gasteiger partial charge in [-0.15, -0.1) is 0 Å². The summed E-state index contributed by atoms with van der Waals surface area (Å²) in [5, 5.41) is 21.4. The van der Waals surface area contributed by atoms with E-state index < -0.39 is 29.7 Å². The Bertz CT molecular complexity index is 756. The molecule has 0 saturated carbocycles. The monoisotopic (exact) mass is 306 g/mol. The van der Waals surface area contributed by atoms with Gasteiger partial charge in [-0.2, -0.15) is 0 Å². The number of hydrogen-bond donors (Lipinski definition) is 1. The third-order valence-corrected chi connectivity index (χ3v) is 3.34. The van der Waals surface area contributed by atoms with Crippen LogP contribution in [-0.4, -0.2) is 21.6 Å². The first-order valence-corrected chi connectivity index (χ1v) is 6.39. The zero-order valence-corrected chi connectivity index (χ0v) is 11.2. The lowest BCUT2D eigenvalue weighted by atomic mass is 9.97. The van der Waals surface area contributed by atoms with Crippen LogP contribution in [0, 0.1) is 15.9 Å². The van der Waals surface area contributed by atoms with Crippen LogP contribution in [0.2, 0.25) is 0 Å². The summed E-state index contributed by atoms with van der Waals surface area (Å²) in [5.74, 6) is -0.676. The second-order valence-electron chi connectivity index (χ2n) is 4.69. The molecule has 1 unspecified atom stereocenters. The molecule has 0 fully saturated rings. The van der Waals surface area contributed by atoms with Crippen LogP contribution in [0.3, 0.4) is 0 Å². The summed E-state index contributed by atoms with van der Waals surface area (Å²) < 4.78 is 24.8. The Hall–Kier alpha value is -2.74. The number of rotatable bonds is 4. The largest absolute Gasteiger partial charge is 0.455 e. The Morgan fingerprint density at radius 1 is 1.41 bits per heavy atom. The highest BCUT2D eigenvalue weighted by atomic mass is 19.1. The van der Waals surface area contributed by atoms with Gasteiger partial charge in [0.25, 0.3) is 6.29 Å². The Morgan fingerprint density at radius 2 is 2.14 bits per heavy atom. The molecule has 22 heavy (non-hydrogen) atoms. The van der Waals surface area contributed by atoms with Gasteiger partial charge < -0.3 is 14.6 Å². The summed E-state index contributed by atoms with van der Waals surface area (Å²) >= 11 is 0. The van der Waals surface area contributed by atoms with Crippen molar-refractivity contribution in [2.75, 3.05) is 6.54 Å². The number of benzene rings is 1. The summed E-state index contributed by atoms with van der Waals surface area (Å²) in [6.07, 6.45) is 3.09. The van der Waals surface area contributed by atoms with Gasteiger partial charge in [0.2, 0.25) is 6.54 Å². The minimum atomic E-state index is -1.44. The van der Waals surface area contributed by atoms with Gasteiger partial charge >= 0.3 is 0 Å². The van der Waals surface area contributed by atoms with Gasteiger partial charge in [-0.05, 0) is 23.1 Å². The van der Waals surface area contributed by atoms with Crippen molar-refractivity contribution in [3.8, 4) is 0 Å². The Balaban J connectivity index is 2.16. The molecule has 0 aliphatic carbocycles. The molecular weight excluding hydrogens is 295 g/mol. The zero-order chi connectivity index (χ0) is 15.7. The van der Waals surface area contributed by atoms with E-state index >= 15 is 0 Å². The lowest BCUT2D eigenvalue weighted by Crippen LogP contribution is -2.14. The maximum absolute atomic E-state index is 14.4. The second-order valence-corrected chi connectivity index (χ2v) is 4.69. The number of nitrogens with zero attached hydrogens (tertiary/aromatic N) is 2. The number of fused-ring (bicyclic) bond motifs is 1. The van der Waals surface area contributed by atoms with Crippen LogP contribution in [0.5, 0.6) is 0 Å². The molecule has 1 aromatic carbocycles. The summed E-state index contributed by atoms with van der Waals surface area (Å²) in [6, 6.07) is 2.60. The van der Waals surface area contributed by atoms with Crippen molar-refractivity contribution in [3.63, 3.8) is 0 Å². The molecular formula is C14H11FN2O5. The van der Waals surface area contributed by atoms with Crippen molar-refractivity contribution < 1.29 is 23.9 Å². The molecule has 7 nitrogen and oxygen atoms in total. The first-order valence-electron chi connectivity index (χ1n) is 6.39. The number of pyridine rings is 1. The highest BCUT2D eigenvalue weighted by Crippen LogP contribution is 2.36. The highest BCUT2D eigenvalue weighted by Gasteiger charge is 2.27. The molecule has 0 radical (unpaired) electrons. The van der Waals surface area contributed by atoms with Crippen molar-refractivity contribution in [3.05, 3.63) is 64.1 Å². The molecule has 1 aromatic heterocycles. The molecule has 1 N–H and O–H groups in total. The van der Waals surface area contributed by atoms with Gasteiger partial charge in [-0.1, -0.05) is 0 Å². The summed E-state index contributed by atoms with van der Waals surface area (Å²) in [7, 11) is 0. The third kappa shape index (κ3) is 2.44. The Kier molecular flexibility index (Phi) is 3.60. The number of hydrogen-bond acceptors (Lipinski definition) is 6. The fourth-order valence-corrected chi connectivity index (χ4v) is 2.41. The van der Waals surface area contributed by atoms with Crippen LogP contribution >= 0.6 is 0 Å².